The Balaban J connectivity index is 1.03. The Morgan fingerprint density at radius 2 is 1.38 bits per heavy atom. The van der Waals surface area contributed by atoms with Crippen LogP contribution in [-0.2, 0) is 5.41 Å². The van der Waals surface area contributed by atoms with Gasteiger partial charge in [-0.15, -0.1) is 0 Å². The van der Waals surface area contributed by atoms with Crippen LogP contribution in [0, 0.1) is 0 Å². The molecule has 5 aromatic carbocycles. The summed E-state index contributed by atoms with van der Waals surface area (Å²) in [5.74, 6) is 4.20. The summed E-state index contributed by atoms with van der Waals surface area (Å²) < 4.78 is 13.6. The van der Waals surface area contributed by atoms with Crippen molar-refractivity contribution in [2.75, 3.05) is 0 Å². The van der Waals surface area contributed by atoms with E-state index >= 15 is 0 Å². The number of rotatable bonds is 10. The Hall–Kier alpha value is -7.96. The average molecular weight is 789 g/mol. The van der Waals surface area contributed by atoms with Crippen LogP contribution in [-0.4, -0.2) is 19.9 Å². The van der Waals surface area contributed by atoms with E-state index in [1.54, 1.807) is 12.3 Å². The third-order valence-electron chi connectivity index (χ3n) is 11.7. The number of fused-ring (bicyclic) bond motifs is 4. The molecule has 0 atom stereocenters. The van der Waals surface area contributed by atoms with E-state index in [2.05, 4.69) is 116 Å². The molecule has 0 bridgehead atoms. The molecule has 6 heteroatoms. The summed E-state index contributed by atoms with van der Waals surface area (Å²) >= 11 is 0. The maximum absolute atomic E-state index is 6.97. The largest absolute Gasteiger partial charge is 0.449 e. The molecule has 0 N–H and O–H groups in total. The van der Waals surface area contributed by atoms with Crippen LogP contribution < -0.4 is 9.47 Å². The SMILES string of the molecule is C=CC(=C)c1nc(C2=CC(c3ccc4c(c3)Oc3c(ccc5c3C(C=C)=C(C=C)C5(c3ccccc3)c3ccccc3)O4)=CCC2)nc(-c2cccc(-c3ccccn3)c2)n1. The van der Waals surface area contributed by atoms with Crippen molar-refractivity contribution in [1.82, 2.24) is 19.9 Å². The molecule has 3 heterocycles. The summed E-state index contributed by atoms with van der Waals surface area (Å²) in [6.07, 6.45) is 13.3. The third kappa shape index (κ3) is 6.28. The Kier molecular flexibility index (Phi) is 9.38. The Labute approximate surface area is 355 Å². The molecule has 0 fully saturated rings. The van der Waals surface area contributed by atoms with Gasteiger partial charge in [0.15, 0.2) is 40.5 Å². The fraction of sp³-hybridized carbons (Fsp3) is 0.0545. The van der Waals surface area contributed by atoms with Gasteiger partial charge in [-0.25, -0.2) is 15.0 Å². The molecule has 3 aliphatic rings. The van der Waals surface area contributed by atoms with Crippen molar-refractivity contribution >= 4 is 22.3 Å². The van der Waals surface area contributed by atoms with Gasteiger partial charge in [0.05, 0.1) is 11.1 Å². The van der Waals surface area contributed by atoms with E-state index in [1.807, 2.05) is 72.8 Å². The first-order chi connectivity index (χ1) is 30.0. The Morgan fingerprint density at radius 1 is 0.639 bits per heavy atom. The van der Waals surface area contributed by atoms with Crippen LogP contribution in [0.3, 0.4) is 0 Å². The summed E-state index contributed by atoms with van der Waals surface area (Å²) in [7, 11) is 0. The zero-order chi connectivity index (χ0) is 41.5. The number of benzene rings is 5. The number of aromatic nitrogens is 4. The van der Waals surface area contributed by atoms with E-state index in [0.717, 1.165) is 79.8 Å². The van der Waals surface area contributed by atoms with Gasteiger partial charge < -0.3 is 9.47 Å². The second-order valence-electron chi connectivity index (χ2n) is 15.1. The van der Waals surface area contributed by atoms with Crippen molar-refractivity contribution in [3.8, 4) is 45.6 Å². The lowest BCUT2D eigenvalue weighted by molar-refractivity contribution is 0.358. The zero-order valence-corrected chi connectivity index (χ0v) is 33.5. The van der Waals surface area contributed by atoms with Crippen LogP contribution in [0.15, 0.2) is 202 Å². The molecule has 0 saturated carbocycles. The fourth-order valence-corrected chi connectivity index (χ4v) is 8.84. The molecule has 61 heavy (non-hydrogen) atoms. The first-order valence-electron chi connectivity index (χ1n) is 20.3. The standard InChI is InChI=1S/C55H40N4O2/c1-5-35(4)52-57-53(59-54(58-52)40-21-17-19-38(33-40)46-26-14-15-31-56-46)39-20-16-18-36(32-39)37-27-29-47-49(34-37)61-51-48(60-47)30-28-45-50(51)43(6-2)44(7-3)55(45,41-22-10-8-11-23-41)42-24-12-9-13-25-42/h5-15,17-19,21-34H,1-4,16,20H2. The van der Waals surface area contributed by atoms with Gasteiger partial charge in [0.2, 0.25) is 0 Å². The van der Waals surface area contributed by atoms with Gasteiger partial charge in [-0.3, -0.25) is 4.98 Å². The van der Waals surface area contributed by atoms with Crippen LogP contribution >= 0.6 is 0 Å². The summed E-state index contributed by atoms with van der Waals surface area (Å²) in [4.78, 5) is 19.3. The van der Waals surface area contributed by atoms with Gasteiger partial charge in [-0.05, 0) is 99.9 Å². The smallest absolute Gasteiger partial charge is 0.178 e. The molecule has 0 spiro atoms. The fourth-order valence-electron chi connectivity index (χ4n) is 8.84. The molecule has 1 aliphatic heterocycles. The lowest BCUT2D eigenvalue weighted by atomic mass is 9.67. The van der Waals surface area contributed by atoms with Gasteiger partial charge in [0, 0.05) is 28.5 Å². The first kappa shape index (κ1) is 37.3. The van der Waals surface area contributed by atoms with Crippen molar-refractivity contribution < 1.29 is 9.47 Å². The van der Waals surface area contributed by atoms with Crippen LogP contribution in [0.1, 0.15) is 52.3 Å². The molecule has 6 nitrogen and oxygen atoms in total. The van der Waals surface area contributed by atoms with Gasteiger partial charge in [-0.2, -0.15) is 0 Å². The molecule has 2 aliphatic carbocycles. The van der Waals surface area contributed by atoms with E-state index in [4.69, 9.17) is 24.4 Å². The topological polar surface area (TPSA) is 70.0 Å². The number of hydrogen-bond donors (Lipinski definition) is 0. The second kappa shape index (κ2) is 15.3. The van der Waals surface area contributed by atoms with Crippen LogP contribution in [0.4, 0.5) is 0 Å². The van der Waals surface area contributed by atoms with Crippen molar-refractivity contribution in [1.29, 1.82) is 0 Å². The minimum atomic E-state index is -0.646. The number of hydrogen-bond acceptors (Lipinski definition) is 6. The normalized spacial score (nSPS) is 14.6. The van der Waals surface area contributed by atoms with Gasteiger partial charge in [-0.1, -0.05) is 148 Å². The van der Waals surface area contributed by atoms with Crippen molar-refractivity contribution in [2.45, 2.75) is 18.3 Å². The monoisotopic (exact) mass is 788 g/mol. The second-order valence-corrected chi connectivity index (χ2v) is 15.1. The Bertz CT molecular complexity index is 2990. The summed E-state index contributed by atoms with van der Waals surface area (Å²) in [6.45, 7) is 16.8. The maximum atomic E-state index is 6.97. The van der Waals surface area contributed by atoms with Gasteiger partial charge in [0.1, 0.15) is 0 Å². The highest BCUT2D eigenvalue weighted by atomic mass is 16.6. The molecule has 0 unspecified atom stereocenters. The lowest BCUT2D eigenvalue weighted by Gasteiger charge is -2.35. The predicted molar refractivity (Wildman–Crippen MR) is 246 cm³/mol. The van der Waals surface area contributed by atoms with E-state index in [9.17, 15) is 0 Å². The number of ether oxygens (including phenoxy) is 2. The molecule has 2 aromatic heterocycles. The molecule has 7 aromatic rings. The minimum Gasteiger partial charge on any atom is -0.449 e. The van der Waals surface area contributed by atoms with E-state index in [1.165, 1.54) is 0 Å². The van der Waals surface area contributed by atoms with Gasteiger partial charge >= 0.3 is 0 Å². The predicted octanol–water partition coefficient (Wildman–Crippen LogP) is 13.4. The minimum absolute atomic E-state index is 0.483. The van der Waals surface area contributed by atoms with Crippen molar-refractivity contribution in [3.05, 3.63) is 241 Å². The molecule has 0 radical (unpaired) electrons. The quantitative estimate of drug-likeness (QED) is 0.129. The highest BCUT2D eigenvalue weighted by molar-refractivity contribution is 5.95. The maximum Gasteiger partial charge on any atom is 0.178 e. The highest BCUT2D eigenvalue weighted by Gasteiger charge is 2.48. The third-order valence-corrected chi connectivity index (χ3v) is 11.7. The first-order valence-corrected chi connectivity index (χ1v) is 20.3. The summed E-state index contributed by atoms with van der Waals surface area (Å²) in [5.41, 5.74) is 12.0. The van der Waals surface area contributed by atoms with Crippen molar-refractivity contribution in [2.24, 2.45) is 0 Å². The number of nitrogens with zero attached hydrogens (tertiary/aromatic N) is 4. The molecular formula is C55H40N4O2. The number of pyridine rings is 1. The van der Waals surface area contributed by atoms with Crippen LogP contribution in [0.2, 0.25) is 0 Å². The van der Waals surface area contributed by atoms with Gasteiger partial charge in [0.25, 0.3) is 0 Å². The molecule has 0 amide bonds. The molecule has 10 rings (SSSR count). The Morgan fingerprint density at radius 3 is 2.10 bits per heavy atom. The number of allylic oxidation sites excluding steroid dienone is 10. The average Bonchev–Trinajstić information content (AvgIpc) is 3.64. The van der Waals surface area contributed by atoms with Crippen LogP contribution in [0.25, 0.3) is 44.9 Å². The summed E-state index contributed by atoms with van der Waals surface area (Å²) in [5, 5.41) is 0. The van der Waals surface area contributed by atoms with Crippen molar-refractivity contribution in [3.63, 3.8) is 0 Å². The summed E-state index contributed by atoms with van der Waals surface area (Å²) in [6, 6.07) is 45.4. The highest BCUT2D eigenvalue weighted by Crippen LogP contribution is 2.61. The van der Waals surface area contributed by atoms with Crippen LogP contribution in [0.5, 0.6) is 23.0 Å². The lowest BCUT2D eigenvalue weighted by Crippen LogP contribution is -2.29. The molecular weight excluding hydrogens is 749 g/mol. The zero-order valence-electron chi connectivity index (χ0n) is 33.5. The van der Waals surface area contributed by atoms with E-state index in [-0.39, 0.29) is 0 Å². The van der Waals surface area contributed by atoms with E-state index in [0.29, 0.717) is 46.0 Å². The van der Waals surface area contributed by atoms with E-state index < -0.39 is 5.41 Å². The molecule has 0 saturated heterocycles. The molecule has 292 valence electrons.